The zero-order valence-corrected chi connectivity index (χ0v) is 22.0. The Morgan fingerprint density at radius 2 is 1.89 bits per heavy atom. The van der Waals surface area contributed by atoms with Crippen molar-refractivity contribution < 1.29 is 18.0 Å². The van der Waals surface area contributed by atoms with Crippen molar-refractivity contribution in [3.8, 4) is 0 Å². The number of halogens is 1. The Morgan fingerprint density at radius 3 is 2.66 bits per heavy atom. The maximum absolute atomic E-state index is 12.7. The largest absolute Gasteiger partial charge is 0.371 e. The Balaban J connectivity index is 1.31. The van der Waals surface area contributed by atoms with Crippen molar-refractivity contribution in [2.45, 2.75) is 37.5 Å². The molecule has 2 aliphatic heterocycles. The van der Waals surface area contributed by atoms with Crippen LogP contribution in [0.15, 0.2) is 46.9 Å². The van der Waals surface area contributed by atoms with Crippen LogP contribution in [0.1, 0.15) is 41.6 Å². The number of likely N-dealkylation sites (tertiary alicyclic amines) is 1. The minimum absolute atomic E-state index is 0.151. The van der Waals surface area contributed by atoms with Crippen LogP contribution in [0.4, 0.5) is 11.4 Å². The Bertz CT molecular complexity index is 1180. The molecule has 4 rings (SSSR count). The lowest BCUT2D eigenvalue weighted by Gasteiger charge is -2.27. The van der Waals surface area contributed by atoms with Gasteiger partial charge in [0.25, 0.3) is 5.91 Å². The molecule has 10 heteroatoms. The third-order valence-electron chi connectivity index (χ3n) is 6.27. The summed E-state index contributed by atoms with van der Waals surface area (Å²) in [7, 11) is -3.54. The van der Waals surface area contributed by atoms with E-state index in [1.807, 2.05) is 6.07 Å². The molecule has 0 aromatic heterocycles. The van der Waals surface area contributed by atoms with E-state index >= 15 is 0 Å². The molecule has 1 atom stereocenters. The fourth-order valence-corrected chi connectivity index (χ4v) is 6.48. The Hall–Kier alpha value is -2.43. The molecule has 0 unspecified atom stereocenters. The van der Waals surface area contributed by atoms with E-state index in [1.54, 1.807) is 36.4 Å². The maximum atomic E-state index is 12.7. The number of carbonyl (C=O) groups excluding carboxylic acids is 2. The fraction of sp³-hybridized carbons (Fsp3) is 0.440. The minimum Gasteiger partial charge on any atom is -0.371 e. The number of amides is 2. The van der Waals surface area contributed by atoms with Gasteiger partial charge in [-0.3, -0.25) is 9.59 Å². The number of rotatable bonds is 9. The van der Waals surface area contributed by atoms with Crippen LogP contribution in [0.5, 0.6) is 0 Å². The Kier molecular flexibility index (Phi) is 8.46. The van der Waals surface area contributed by atoms with Gasteiger partial charge >= 0.3 is 0 Å². The van der Waals surface area contributed by atoms with Crippen molar-refractivity contribution in [3.63, 3.8) is 0 Å². The SMILES string of the molecule is O=C(NCCCN1CCCCC1)c1ccc2c(c1)NC(=O)[C@@H](CS(=O)(=O)Cc1cccc(Br)c1)N2. The number of nitrogens with zero attached hydrogens (tertiary/aromatic N) is 1. The van der Waals surface area contributed by atoms with E-state index < -0.39 is 21.8 Å². The van der Waals surface area contributed by atoms with E-state index in [9.17, 15) is 18.0 Å². The lowest BCUT2D eigenvalue weighted by Crippen LogP contribution is -2.43. The molecule has 2 amide bonds. The smallest absolute Gasteiger partial charge is 0.251 e. The zero-order valence-electron chi connectivity index (χ0n) is 19.6. The van der Waals surface area contributed by atoms with Crippen LogP contribution < -0.4 is 16.0 Å². The van der Waals surface area contributed by atoms with Crippen LogP contribution in [0.2, 0.25) is 0 Å². The third kappa shape index (κ3) is 7.28. The zero-order chi connectivity index (χ0) is 24.8. The van der Waals surface area contributed by atoms with Crippen LogP contribution in [-0.2, 0) is 20.4 Å². The van der Waals surface area contributed by atoms with Crippen molar-refractivity contribution in [3.05, 3.63) is 58.1 Å². The molecule has 0 radical (unpaired) electrons. The number of hydrogen-bond acceptors (Lipinski definition) is 6. The van der Waals surface area contributed by atoms with Gasteiger partial charge in [0, 0.05) is 16.6 Å². The number of carbonyl (C=O) groups is 2. The Labute approximate surface area is 214 Å². The molecular weight excluding hydrogens is 532 g/mol. The first-order chi connectivity index (χ1) is 16.8. The molecule has 3 N–H and O–H groups in total. The van der Waals surface area contributed by atoms with E-state index in [2.05, 4.69) is 36.8 Å². The normalized spacial score (nSPS) is 18.3. The molecule has 2 aromatic rings. The highest BCUT2D eigenvalue weighted by Crippen LogP contribution is 2.28. The van der Waals surface area contributed by atoms with Gasteiger partial charge in [0.1, 0.15) is 6.04 Å². The molecule has 2 aromatic carbocycles. The maximum Gasteiger partial charge on any atom is 0.251 e. The summed E-state index contributed by atoms with van der Waals surface area (Å²) < 4.78 is 26.2. The topological polar surface area (TPSA) is 108 Å². The molecule has 1 fully saturated rings. The second kappa shape index (κ2) is 11.5. The Morgan fingerprint density at radius 1 is 1.09 bits per heavy atom. The number of benzene rings is 2. The van der Waals surface area contributed by atoms with Gasteiger partial charge in [0.15, 0.2) is 9.84 Å². The summed E-state index contributed by atoms with van der Waals surface area (Å²) in [5, 5.41) is 8.71. The van der Waals surface area contributed by atoms with Gasteiger partial charge in [-0.15, -0.1) is 0 Å². The van der Waals surface area contributed by atoms with Crippen LogP contribution in [0.25, 0.3) is 0 Å². The van der Waals surface area contributed by atoms with Gasteiger partial charge in [-0.25, -0.2) is 8.42 Å². The van der Waals surface area contributed by atoms with E-state index in [1.165, 1.54) is 19.3 Å². The molecule has 2 aliphatic rings. The number of hydrogen-bond donors (Lipinski definition) is 3. The number of piperidine rings is 1. The molecule has 2 heterocycles. The number of nitrogens with one attached hydrogen (secondary N) is 3. The predicted molar refractivity (Wildman–Crippen MR) is 141 cm³/mol. The molecule has 0 spiro atoms. The van der Waals surface area contributed by atoms with Crippen molar-refractivity contribution in [1.82, 2.24) is 10.2 Å². The summed E-state index contributed by atoms with van der Waals surface area (Å²) in [6.07, 6.45) is 4.70. The summed E-state index contributed by atoms with van der Waals surface area (Å²) in [5.74, 6) is -1.11. The minimum atomic E-state index is -3.54. The summed E-state index contributed by atoms with van der Waals surface area (Å²) in [6.45, 7) is 3.85. The second-order valence-corrected chi connectivity index (χ2v) is 12.2. The molecule has 1 saturated heterocycles. The van der Waals surface area contributed by atoms with Crippen LogP contribution in [0, 0.1) is 0 Å². The number of anilines is 2. The third-order valence-corrected chi connectivity index (χ3v) is 8.38. The predicted octanol–water partition coefficient (Wildman–Crippen LogP) is 3.40. The number of sulfone groups is 1. The van der Waals surface area contributed by atoms with Crippen molar-refractivity contribution in [2.24, 2.45) is 0 Å². The van der Waals surface area contributed by atoms with Crippen molar-refractivity contribution in [1.29, 1.82) is 0 Å². The molecule has 188 valence electrons. The average molecular weight is 564 g/mol. The van der Waals surface area contributed by atoms with Crippen molar-refractivity contribution in [2.75, 3.05) is 42.6 Å². The summed E-state index contributed by atoms with van der Waals surface area (Å²) in [4.78, 5) is 27.6. The monoisotopic (exact) mass is 562 g/mol. The van der Waals surface area contributed by atoms with Gasteiger partial charge in [0.2, 0.25) is 5.91 Å². The standard InChI is InChI=1S/C25H31BrN4O4S/c26-20-7-4-6-18(14-20)16-35(33,34)17-23-25(32)29-22-15-19(8-9-21(22)28-23)24(31)27-10-5-13-30-11-2-1-3-12-30/h4,6-9,14-15,23,28H,1-3,5,10-13,16-17H2,(H,27,31)(H,29,32)/t23-/m1/s1. The lowest BCUT2D eigenvalue weighted by molar-refractivity contribution is -0.116. The molecular formula is C25H31BrN4O4S. The van der Waals surface area contributed by atoms with Crippen LogP contribution >= 0.6 is 15.9 Å². The summed E-state index contributed by atoms with van der Waals surface area (Å²) >= 11 is 3.34. The van der Waals surface area contributed by atoms with Gasteiger partial charge < -0.3 is 20.9 Å². The van der Waals surface area contributed by atoms with Gasteiger partial charge in [-0.05, 0) is 74.8 Å². The highest BCUT2D eigenvalue weighted by molar-refractivity contribution is 9.10. The summed E-state index contributed by atoms with van der Waals surface area (Å²) in [5.41, 5.74) is 2.16. The first-order valence-corrected chi connectivity index (χ1v) is 14.6. The molecule has 0 saturated carbocycles. The molecule has 8 nitrogen and oxygen atoms in total. The lowest BCUT2D eigenvalue weighted by atomic mass is 10.1. The second-order valence-electron chi connectivity index (χ2n) is 9.14. The first-order valence-electron chi connectivity index (χ1n) is 12.0. The highest BCUT2D eigenvalue weighted by atomic mass is 79.9. The van der Waals surface area contributed by atoms with Crippen LogP contribution in [-0.4, -0.2) is 63.1 Å². The van der Waals surface area contributed by atoms with Gasteiger partial charge in [-0.2, -0.15) is 0 Å². The van der Waals surface area contributed by atoms with E-state index in [0.29, 0.717) is 29.0 Å². The average Bonchev–Trinajstić information content (AvgIpc) is 2.82. The van der Waals surface area contributed by atoms with Gasteiger partial charge in [-0.1, -0.05) is 34.5 Å². The molecule has 35 heavy (non-hydrogen) atoms. The fourth-order valence-electron chi connectivity index (χ4n) is 4.49. The van der Waals surface area contributed by atoms with E-state index in [-0.39, 0.29) is 17.4 Å². The van der Waals surface area contributed by atoms with E-state index in [0.717, 1.165) is 30.5 Å². The molecule has 0 bridgehead atoms. The quantitative estimate of drug-likeness (QED) is 0.404. The highest BCUT2D eigenvalue weighted by Gasteiger charge is 2.30. The first kappa shape index (κ1) is 25.7. The number of fused-ring (bicyclic) bond motifs is 1. The molecule has 0 aliphatic carbocycles. The van der Waals surface area contributed by atoms with Crippen LogP contribution in [0.3, 0.4) is 0 Å². The van der Waals surface area contributed by atoms with Gasteiger partial charge in [0.05, 0.1) is 22.9 Å². The van der Waals surface area contributed by atoms with E-state index in [4.69, 9.17) is 0 Å². The van der Waals surface area contributed by atoms with Crippen molar-refractivity contribution >= 4 is 49.0 Å². The summed E-state index contributed by atoms with van der Waals surface area (Å²) in [6, 6.07) is 11.2.